The van der Waals surface area contributed by atoms with E-state index in [1.165, 1.54) is 0 Å². The largest absolute Gasteiger partial charge is 0.339 e. The van der Waals surface area contributed by atoms with Crippen LogP contribution in [0.25, 0.3) is 0 Å². The van der Waals surface area contributed by atoms with Crippen molar-refractivity contribution < 1.29 is 4.79 Å². The first-order chi connectivity index (χ1) is 9.49. The van der Waals surface area contributed by atoms with Crippen LogP contribution in [-0.4, -0.2) is 30.4 Å². The molecule has 0 aliphatic heterocycles. The topological polar surface area (TPSA) is 46.3 Å². The molecule has 108 valence electrons. The lowest BCUT2D eigenvalue weighted by molar-refractivity contribution is 0.0745. The first-order valence-corrected chi connectivity index (χ1v) is 7.08. The van der Waals surface area contributed by atoms with Gasteiger partial charge in [-0.3, -0.25) is 4.79 Å². The van der Waals surface area contributed by atoms with Gasteiger partial charge in [0.15, 0.2) is 0 Å². The van der Waals surface area contributed by atoms with Gasteiger partial charge in [0.25, 0.3) is 5.91 Å². The first-order valence-electron chi connectivity index (χ1n) is 7.08. The van der Waals surface area contributed by atoms with Crippen LogP contribution in [0.5, 0.6) is 0 Å². The Morgan fingerprint density at radius 1 is 1.40 bits per heavy atom. The Balaban J connectivity index is 3.13. The number of benzene rings is 1. The molecule has 0 aliphatic rings. The minimum atomic E-state index is 0.0440. The van der Waals surface area contributed by atoms with Crippen LogP contribution < -0.4 is 5.73 Å². The standard InChI is InChI=1S/C17H24N2O/c1-5-19(12-13(2)3)17(20)16-9-8-14(4)11-15(16)7-6-10-18/h8-9,11,13H,5,10,12,18H2,1-4H3. The molecule has 3 heteroatoms. The van der Waals surface area contributed by atoms with Crippen molar-refractivity contribution in [1.29, 1.82) is 0 Å². The maximum atomic E-state index is 12.6. The normalized spacial score (nSPS) is 10.1. The van der Waals surface area contributed by atoms with Crippen LogP contribution in [-0.2, 0) is 0 Å². The second-order valence-electron chi connectivity index (χ2n) is 5.29. The molecule has 0 radical (unpaired) electrons. The lowest BCUT2D eigenvalue weighted by Gasteiger charge is -2.23. The Labute approximate surface area is 122 Å². The zero-order valence-electron chi connectivity index (χ0n) is 12.9. The molecule has 20 heavy (non-hydrogen) atoms. The number of hydrogen-bond donors (Lipinski definition) is 1. The van der Waals surface area contributed by atoms with Gasteiger partial charge in [-0.05, 0) is 37.5 Å². The van der Waals surface area contributed by atoms with Crippen molar-refractivity contribution in [3.05, 3.63) is 34.9 Å². The summed E-state index contributed by atoms with van der Waals surface area (Å²) in [6.07, 6.45) is 0. The molecule has 0 atom stereocenters. The van der Waals surface area contributed by atoms with Gasteiger partial charge < -0.3 is 10.6 Å². The van der Waals surface area contributed by atoms with E-state index in [-0.39, 0.29) is 5.91 Å². The summed E-state index contributed by atoms with van der Waals surface area (Å²) in [5.74, 6) is 6.33. The van der Waals surface area contributed by atoms with E-state index in [2.05, 4.69) is 25.7 Å². The average Bonchev–Trinajstić information content (AvgIpc) is 2.41. The molecule has 1 rings (SSSR count). The highest BCUT2D eigenvalue weighted by atomic mass is 16.2. The minimum absolute atomic E-state index is 0.0440. The lowest BCUT2D eigenvalue weighted by Crippen LogP contribution is -2.34. The van der Waals surface area contributed by atoms with Crippen molar-refractivity contribution in [2.45, 2.75) is 27.7 Å². The molecule has 3 nitrogen and oxygen atoms in total. The average molecular weight is 272 g/mol. The van der Waals surface area contributed by atoms with Crippen LogP contribution in [0.2, 0.25) is 0 Å². The summed E-state index contributed by atoms with van der Waals surface area (Å²) >= 11 is 0. The van der Waals surface area contributed by atoms with E-state index in [9.17, 15) is 4.79 Å². The summed E-state index contributed by atoms with van der Waals surface area (Å²) < 4.78 is 0. The molecular weight excluding hydrogens is 248 g/mol. The van der Waals surface area contributed by atoms with Crippen LogP contribution in [0.4, 0.5) is 0 Å². The number of carbonyl (C=O) groups is 1. The summed E-state index contributed by atoms with van der Waals surface area (Å²) in [5.41, 5.74) is 7.95. The van der Waals surface area contributed by atoms with E-state index in [1.54, 1.807) is 0 Å². The van der Waals surface area contributed by atoms with Gasteiger partial charge in [0.2, 0.25) is 0 Å². The Hall–Kier alpha value is -1.79. The van der Waals surface area contributed by atoms with Crippen LogP contribution in [0.3, 0.4) is 0 Å². The number of hydrogen-bond acceptors (Lipinski definition) is 2. The van der Waals surface area contributed by atoms with E-state index in [1.807, 2.05) is 36.9 Å². The third kappa shape index (κ3) is 4.40. The smallest absolute Gasteiger partial charge is 0.255 e. The first kappa shape index (κ1) is 16.3. The lowest BCUT2D eigenvalue weighted by atomic mass is 10.0. The molecule has 0 unspecified atom stereocenters. The van der Waals surface area contributed by atoms with Gasteiger partial charge in [-0.2, -0.15) is 0 Å². The molecule has 0 heterocycles. The zero-order chi connectivity index (χ0) is 15.1. The number of amides is 1. The van der Waals surface area contributed by atoms with Gasteiger partial charge in [0, 0.05) is 18.7 Å². The molecule has 1 aromatic carbocycles. The second-order valence-corrected chi connectivity index (χ2v) is 5.29. The molecule has 2 N–H and O–H groups in total. The van der Waals surface area contributed by atoms with Gasteiger partial charge in [-0.1, -0.05) is 31.8 Å². The molecule has 0 aromatic heterocycles. The Morgan fingerprint density at radius 2 is 2.10 bits per heavy atom. The molecule has 0 saturated carbocycles. The highest BCUT2D eigenvalue weighted by Gasteiger charge is 2.17. The van der Waals surface area contributed by atoms with Crippen molar-refractivity contribution in [2.24, 2.45) is 11.7 Å². The van der Waals surface area contributed by atoms with E-state index < -0.39 is 0 Å². The fourth-order valence-electron chi connectivity index (χ4n) is 2.06. The summed E-state index contributed by atoms with van der Waals surface area (Å²) in [6, 6.07) is 5.75. The predicted octanol–water partition coefficient (Wildman–Crippen LogP) is 2.42. The Kier molecular flexibility index (Phi) is 6.27. The van der Waals surface area contributed by atoms with Gasteiger partial charge in [0.05, 0.1) is 12.1 Å². The molecule has 0 aliphatic carbocycles. The maximum Gasteiger partial charge on any atom is 0.255 e. The van der Waals surface area contributed by atoms with E-state index in [0.717, 1.165) is 17.7 Å². The number of nitrogens with zero attached hydrogens (tertiary/aromatic N) is 1. The van der Waals surface area contributed by atoms with E-state index in [0.29, 0.717) is 24.6 Å². The van der Waals surface area contributed by atoms with Crippen LogP contribution in [0.15, 0.2) is 18.2 Å². The molecule has 0 fully saturated rings. The fourth-order valence-corrected chi connectivity index (χ4v) is 2.06. The van der Waals surface area contributed by atoms with Crippen LogP contribution >= 0.6 is 0 Å². The van der Waals surface area contributed by atoms with Crippen LogP contribution in [0, 0.1) is 24.7 Å². The molecule has 1 aromatic rings. The second kappa shape index (κ2) is 7.72. The number of nitrogens with two attached hydrogens (primary N) is 1. The summed E-state index contributed by atoms with van der Waals surface area (Å²) in [7, 11) is 0. The van der Waals surface area contributed by atoms with Gasteiger partial charge in [0.1, 0.15) is 0 Å². The number of aryl methyl sites for hydroxylation is 1. The molecule has 1 amide bonds. The highest BCUT2D eigenvalue weighted by Crippen LogP contribution is 2.14. The maximum absolute atomic E-state index is 12.6. The van der Waals surface area contributed by atoms with Gasteiger partial charge in [-0.15, -0.1) is 0 Å². The third-order valence-corrected chi connectivity index (χ3v) is 2.99. The van der Waals surface area contributed by atoms with Crippen molar-refractivity contribution in [2.75, 3.05) is 19.6 Å². The molecule has 0 spiro atoms. The van der Waals surface area contributed by atoms with Gasteiger partial charge in [-0.25, -0.2) is 0 Å². The molecule has 0 bridgehead atoms. The quantitative estimate of drug-likeness (QED) is 0.856. The van der Waals surface area contributed by atoms with E-state index >= 15 is 0 Å². The van der Waals surface area contributed by atoms with Crippen LogP contribution in [0.1, 0.15) is 42.3 Å². The third-order valence-electron chi connectivity index (χ3n) is 2.99. The predicted molar refractivity (Wildman–Crippen MR) is 83.5 cm³/mol. The zero-order valence-corrected chi connectivity index (χ0v) is 12.9. The summed E-state index contributed by atoms with van der Waals surface area (Å²) in [5, 5.41) is 0. The van der Waals surface area contributed by atoms with Crippen molar-refractivity contribution in [1.82, 2.24) is 4.90 Å². The van der Waals surface area contributed by atoms with E-state index in [4.69, 9.17) is 5.73 Å². The fraction of sp³-hybridized carbons (Fsp3) is 0.471. The minimum Gasteiger partial charge on any atom is -0.339 e. The summed E-state index contributed by atoms with van der Waals surface area (Å²) in [4.78, 5) is 14.5. The summed E-state index contributed by atoms with van der Waals surface area (Å²) in [6.45, 7) is 9.97. The van der Waals surface area contributed by atoms with Crippen molar-refractivity contribution in [3.8, 4) is 11.8 Å². The van der Waals surface area contributed by atoms with Crippen molar-refractivity contribution in [3.63, 3.8) is 0 Å². The Bertz CT molecular complexity index is 524. The monoisotopic (exact) mass is 272 g/mol. The Morgan fingerprint density at radius 3 is 2.65 bits per heavy atom. The number of carbonyl (C=O) groups excluding carboxylic acids is 1. The van der Waals surface area contributed by atoms with Crippen molar-refractivity contribution >= 4 is 5.91 Å². The number of rotatable bonds is 4. The highest BCUT2D eigenvalue weighted by molar-refractivity contribution is 5.96. The molecular formula is C17H24N2O. The van der Waals surface area contributed by atoms with Gasteiger partial charge >= 0.3 is 0 Å². The SMILES string of the molecule is CCN(CC(C)C)C(=O)c1ccc(C)cc1C#CCN. The molecule has 0 saturated heterocycles.